The van der Waals surface area contributed by atoms with Crippen molar-refractivity contribution in [3.05, 3.63) is 70.9 Å². The van der Waals surface area contributed by atoms with Crippen LogP contribution in [-0.2, 0) is 11.3 Å². The number of hydrogen-bond donors (Lipinski definition) is 1. The lowest BCUT2D eigenvalue weighted by Gasteiger charge is -2.10. The van der Waals surface area contributed by atoms with Crippen molar-refractivity contribution in [2.75, 3.05) is 6.61 Å². The molecule has 21 heavy (non-hydrogen) atoms. The summed E-state index contributed by atoms with van der Waals surface area (Å²) in [5.74, 6) is -0.222. The van der Waals surface area contributed by atoms with E-state index in [0.717, 1.165) is 20.5 Å². The van der Waals surface area contributed by atoms with E-state index >= 15 is 0 Å². The number of rotatable bonds is 5. The van der Waals surface area contributed by atoms with Crippen LogP contribution in [0.5, 0.6) is 0 Å². The predicted molar refractivity (Wildman–Crippen MR) is 84.8 cm³/mol. The number of ether oxygens (including phenoxy) is 1. The number of benzene rings is 2. The number of thiophene rings is 1. The molecule has 0 bridgehead atoms. The Balaban J connectivity index is 1.62. The van der Waals surface area contributed by atoms with Gasteiger partial charge in [-0.3, -0.25) is 0 Å². The van der Waals surface area contributed by atoms with E-state index in [4.69, 9.17) is 10.5 Å². The van der Waals surface area contributed by atoms with Gasteiger partial charge in [-0.15, -0.1) is 11.3 Å². The fraction of sp³-hybridized carbons (Fsp3) is 0.176. The van der Waals surface area contributed by atoms with Crippen molar-refractivity contribution in [2.45, 2.75) is 12.6 Å². The second-order valence-corrected chi connectivity index (χ2v) is 6.05. The van der Waals surface area contributed by atoms with E-state index in [-0.39, 0.29) is 11.9 Å². The van der Waals surface area contributed by atoms with Crippen LogP contribution in [0.15, 0.2) is 54.6 Å². The van der Waals surface area contributed by atoms with Crippen molar-refractivity contribution in [2.24, 2.45) is 5.73 Å². The molecule has 0 radical (unpaired) electrons. The Morgan fingerprint density at radius 1 is 1.10 bits per heavy atom. The largest absolute Gasteiger partial charge is 0.375 e. The molecule has 2 aromatic carbocycles. The molecule has 1 atom stereocenters. The van der Waals surface area contributed by atoms with Crippen LogP contribution in [0.3, 0.4) is 0 Å². The van der Waals surface area contributed by atoms with Crippen molar-refractivity contribution < 1.29 is 9.13 Å². The summed E-state index contributed by atoms with van der Waals surface area (Å²) < 4.78 is 19.9. The zero-order chi connectivity index (χ0) is 14.7. The molecule has 2 nitrogen and oxygen atoms in total. The van der Waals surface area contributed by atoms with E-state index in [1.807, 2.05) is 36.4 Å². The van der Waals surface area contributed by atoms with E-state index in [1.54, 1.807) is 17.4 Å². The quantitative estimate of drug-likeness (QED) is 0.764. The van der Waals surface area contributed by atoms with Gasteiger partial charge >= 0.3 is 0 Å². The van der Waals surface area contributed by atoms with E-state index in [1.165, 1.54) is 12.1 Å². The molecular weight excluding hydrogens is 285 g/mol. The summed E-state index contributed by atoms with van der Waals surface area (Å²) >= 11 is 1.59. The van der Waals surface area contributed by atoms with Crippen molar-refractivity contribution in [1.29, 1.82) is 0 Å². The minimum absolute atomic E-state index is 0.186. The third-order valence-electron chi connectivity index (χ3n) is 3.27. The molecule has 1 aromatic heterocycles. The summed E-state index contributed by atoms with van der Waals surface area (Å²) in [5, 5.41) is 0.897. The Morgan fingerprint density at radius 3 is 2.71 bits per heavy atom. The summed E-state index contributed by atoms with van der Waals surface area (Å²) in [6.45, 7) is 0.998. The maximum Gasteiger partial charge on any atom is 0.123 e. The lowest BCUT2D eigenvalue weighted by atomic mass is 10.2. The summed E-state index contributed by atoms with van der Waals surface area (Å²) in [5.41, 5.74) is 7.28. The maximum absolute atomic E-state index is 13.2. The van der Waals surface area contributed by atoms with Crippen molar-refractivity contribution >= 4 is 21.4 Å². The van der Waals surface area contributed by atoms with Crippen LogP contribution in [0, 0.1) is 5.82 Å². The van der Waals surface area contributed by atoms with Crippen molar-refractivity contribution in [3.8, 4) is 0 Å². The average Bonchev–Trinajstić information content (AvgIpc) is 2.91. The highest BCUT2D eigenvalue weighted by molar-refractivity contribution is 7.19. The first-order valence-electron chi connectivity index (χ1n) is 6.78. The van der Waals surface area contributed by atoms with Crippen molar-refractivity contribution in [3.63, 3.8) is 0 Å². The molecule has 4 heteroatoms. The monoisotopic (exact) mass is 301 g/mol. The number of halogens is 1. The highest BCUT2D eigenvalue weighted by Gasteiger charge is 2.11. The molecule has 0 fully saturated rings. The van der Waals surface area contributed by atoms with Gasteiger partial charge in [-0.25, -0.2) is 4.39 Å². The van der Waals surface area contributed by atoms with Gasteiger partial charge in [-0.05, 0) is 35.2 Å². The standard InChI is InChI=1S/C17H16FNOS/c18-14-6-7-16-13(8-14)9-17(21-16)15(19)11-20-10-12-4-2-1-3-5-12/h1-9,15H,10-11,19H2. The van der Waals surface area contributed by atoms with Gasteiger partial charge in [0.05, 0.1) is 19.3 Å². The number of hydrogen-bond acceptors (Lipinski definition) is 3. The van der Waals surface area contributed by atoms with Gasteiger partial charge in [0.15, 0.2) is 0 Å². The maximum atomic E-state index is 13.2. The predicted octanol–water partition coefficient (Wildman–Crippen LogP) is 4.26. The summed E-state index contributed by atoms with van der Waals surface area (Å²) in [4.78, 5) is 1.02. The Bertz CT molecular complexity index is 726. The molecule has 3 aromatic rings. The first-order chi connectivity index (χ1) is 10.2. The lowest BCUT2D eigenvalue weighted by Crippen LogP contribution is -2.15. The molecule has 0 saturated heterocycles. The van der Waals surface area contributed by atoms with Gasteiger partial charge in [-0.2, -0.15) is 0 Å². The Kier molecular flexibility index (Phi) is 4.29. The molecule has 3 rings (SSSR count). The Hall–Kier alpha value is -1.75. The van der Waals surface area contributed by atoms with E-state index in [2.05, 4.69) is 0 Å². The molecule has 0 aliphatic heterocycles. The molecular formula is C17H16FNOS. The molecule has 108 valence electrons. The summed E-state index contributed by atoms with van der Waals surface area (Å²) in [6.07, 6.45) is 0. The molecule has 2 N–H and O–H groups in total. The minimum atomic E-state index is -0.222. The van der Waals surface area contributed by atoms with Gasteiger partial charge in [0, 0.05) is 9.58 Å². The molecule has 1 heterocycles. The van der Waals surface area contributed by atoms with Crippen LogP contribution in [0.25, 0.3) is 10.1 Å². The van der Waals surface area contributed by atoms with Gasteiger partial charge in [-0.1, -0.05) is 30.3 Å². The third-order valence-corrected chi connectivity index (χ3v) is 4.52. The van der Waals surface area contributed by atoms with Crippen LogP contribution in [-0.4, -0.2) is 6.61 Å². The smallest absolute Gasteiger partial charge is 0.123 e. The first-order valence-corrected chi connectivity index (χ1v) is 7.60. The van der Waals surface area contributed by atoms with E-state index in [9.17, 15) is 4.39 Å². The van der Waals surface area contributed by atoms with Gasteiger partial charge in [0.1, 0.15) is 5.82 Å². The van der Waals surface area contributed by atoms with Crippen LogP contribution < -0.4 is 5.73 Å². The first kappa shape index (κ1) is 14.2. The summed E-state index contributed by atoms with van der Waals surface area (Å²) in [6, 6.07) is 16.5. The SMILES string of the molecule is NC(COCc1ccccc1)c1cc2cc(F)ccc2s1. The Morgan fingerprint density at radius 2 is 1.90 bits per heavy atom. The fourth-order valence-electron chi connectivity index (χ4n) is 2.18. The van der Waals surface area contributed by atoms with E-state index < -0.39 is 0 Å². The fourth-order valence-corrected chi connectivity index (χ4v) is 3.21. The highest BCUT2D eigenvalue weighted by Crippen LogP contribution is 2.29. The summed E-state index contributed by atoms with van der Waals surface area (Å²) in [7, 11) is 0. The third kappa shape index (κ3) is 3.47. The van der Waals surface area contributed by atoms with Gasteiger partial charge in [0.25, 0.3) is 0 Å². The minimum Gasteiger partial charge on any atom is -0.375 e. The van der Waals surface area contributed by atoms with Crippen LogP contribution in [0.4, 0.5) is 4.39 Å². The number of fused-ring (bicyclic) bond motifs is 1. The lowest BCUT2D eigenvalue weighted by molar-refractivity contribution is 0.109. The second kappa shape index (κ2) is 6.35. The molecule has 0 saturated carbocycles. The number of nitrogens with two attached hydrogens (primary N) is 1. The van der Waals surface area contributed by atoms with Crippen LogP contribution >= 0.6 is 11.3 Å². The van der Waals surface area contributed by atoms with Crippen LogP contribution in [0.1, 0.15) is 16.5 Å². The molecule has 0 spiro atoms. The van der Waals surface area contributed by atoms with Crippen LogP contribution in [0.2, 0.25) is 0 Å². The van der Waals surface area contributed by atoms with Gasteiger partial charge in [0.2, 0.25) is 0 Å². The van der Waals surface area contributed by atoms with E-state index in [0.29, 0.717) is 13.2 Å². The van der Waals surface area contributed by atoms with Gasteiger partial charge < -0.3 is 10.5 Å². The highest BCUT2D eigenvalue weighted by atomic mass is 32.1. The molecule has 0 amide bonds. The molecule has 1 unspecified atom stereocenters. The zero-order valence-electron chi connectivity index (χ0n) is 11.5. The topological polar surface area (TPSA) is 35.2 Å². The Labute approximate surface area is 127 Å². The average molecular weight is 301 g/mol. The molecule has 0 aliphatic carbocycles. The zero-order valence-corrected chi connectivity index (χ0v) is 12.3. The second-order valence-electron chi connectivity index (χ2n) is 4.94. The van der Waals surface area contributed by atoms with Crippen molar-refractivity contribution in [1.82, 2.24) is 0 Å². The normalized spacial score (nSPS) is 12.7. The molecule has 0 aliphatic rings.